The molecule has 1 aromatic carbocycles. The predicted octanol–water partition coefficient (Wildman–Crippen LogP) is 3.00. The van der Waals surface area contributed by atoms with E-state index in [1.54, 1.807) is 36.3 Å². The Hall–Kier alpha value is -2.80. The van der Waals surface area contributed by atoms with E-state index in [-0.39, 0.29) is 11.3 Å². The molecule has 0 unspecified atom stereocenters. The highest BCUT2D eigenvalue weighted by atomic mass is 32.2. The maximum Gasteiger partial charge on any atom is 0.255 e. The van der Waals surface area contributed by atoms with Crippen LogP contribution in [0.25, 0.3) is 0 Å². The molecule has 140 valence electrons. The van der Waals surface area contributed by atoms with Gasteiger partial charge in [-0.15, -0.1) is 0 Å². The quantitative estimate of drug-likeness (QED) is 0.493. The van der Waals surface area contributed by atoms with Gasteiger partial charge in [0.25, 0.3) is 5.56 Å². The summed E-state index contributed by atoms with van der Waals surface area (Å²) in [5, 5.41) is 12.8. The van der Waals surface area contributed by atoms with Gasteiger partial charge in [-0.25, -0.2) is 4.98 Å². The largest absolute Gasteiger partial charge is 0.506 e. The van der Waals surface area contributed by atoms with Crippen molar-refractivity contribution in [2.24, 2.45) is 0 Å². The van der Waals surface area contributed by atoms with E-state index in [4.69, 9.17) is 0 Å². The smallest absolute Gasteiger partial charge is 0.255 e. The molecule has 3 rings (SSSR count). The van der Waals surface area contributed by atoms with Crippen molar-refractivity contribution < 1.29 is 5.11 Å². The van der Waals surface area contributed by atoms with Crippen molar-refractivity contribution in [1.29, 1.82) is 0 Å². The van der Waals surface area contributed by atoms with Crippen molar-refractivity contribution in [2.45, 2.75) is 18.6 Å². The number of rotatable bonds is 9. The van der Waals surface area contributed by atoms with Gasteiger partial charge in [-0.1, -0.05) is 30.3 Å². The van der Waals surface area contributed by atoms with Gasteiger partial charge in [-0.2, -0.15) is 11.8 Å². The van der Waals surface area contributed by atoms with E-state index >= 15 is 0 Å². The van der Waals surface area contributed by atoms with E-state index in [2.05, 4.69) is 32.4 Å². The molecule has 0 bridgehead atoms. The van der Waals surface area contributed by atoms with Crippen LogP contribution in [0, 0.1) is 0 Å². The molecule has 2 heterocycles. The molecule has 0 saturated carbocycles. The number of hydrogen-bond acceptors (Lipinski definition) is 6. The Labute approximate surface area is 162 Å². The third-order valence-electron chi connectivity index (χ3n) is 4.04. The number of aromatic amines is 1. The Bertz CT molecular complexity index is 915. The molecule has 6 nitrogen and oxygen atoms in total. The fourth-order valence-corrected chi connectivity index (χ4v) is 3.37. The van der Waals surface area contributed by atoms with Crippen LogP contribution in [0.3, 0.4) is 0 Å². The zero-order valence-corrected chi connectivity index (χ0v) is 15.7. The highest BCUT2D eigenvalue weighted by Crippen LogP contribution is 2.18. The highest BCUT2D eigenvalue weighted by molar-refractivity contribution is 7.98. The maximum absolute atomic E-state index is 12.2. The number of benzene rings is 1. The zero-order valence-electron chi connectivity index (χ0n) is 14.9. The van der Waals surface area contributed by atoms with Crippen molar-refractivity contribution in [3.63, 3.8) is 0 Å². The average Bonchev–Trinajstić information content (AvgIpc) is 2.69. The monoisotopic (exact) mass is 382 g/mol. The van der Waals surface area contributed by atoms with Gasteiger partial charge < -0.3 is 10.4 Å². The molecular weight excluding hydrogens is 360 g/mol. The zero-order chi connectivity index (χ0) is 18.9. The number of H-pyrrole nitrogens is 1. The molecule has 0 aliphatic carbocycles. The first-order valence-electron chi connectivity index (χ1n) is 8.79. The van der Waals surface area contributed by atoms with Crippen LogP contribution in [0.4, 0.5) is 5.95 Å². The van der Waals surface area contributed by atoms with Crippen LogP contribution in [-0.2, 0) is 18.6 Å². The molecule has 0 aliphatic rings. The minimum absolute atomic E-state index is 0.102. The lowest BCUT2D eigenvalue weighted by Crippen LogP contribution is -2.18. The van der Waals surface area contributed by atoms with E-state index < -0.39 is 0 Å². The van der Waals surface area contributed by atoms with E-state index in [9.17, 15) is 9.90 Å². The normalized spacial score (nSPS) is 10.7. The second-order valence-electron chi connectivity index (χ2n) is 6.02. The summed E-state index contributed by atoms with van der Waals surface area (Å²) >= 11 is 1.65. The summed E-state index contributed by atoms with van der Waals surface area (Å²) in [5.41, 5.74) is 2.46. The molecular formula is C20H22N4O2S. The second kappa shape index (κ2) is 9.78. The minimum Gasteiger partial charge on any atom is -0.506 e. The molecule has 0 saturated heterocycles. The third kappa shape index (κ3) is 5.86. The number of thioether (sulfide) groups is 1. The highest BCUT2D eigenvalue weighted by Gasteiger charge is 2.04. The van der Waals surface area contributed by atoms with Gasteiger partial charge in [0.15, 0.2) is 0 Å². The van der Waals surface area contributed by atoms with Crippen molar-refractivity contribution in [2.75, 3.05) is 17.6 Å². The Morgan fingerprint density at radius 1 is 1.07 bits per heavy atom. The summed E-state index contributed by atoms with van der Waals surface area (Å²) < 4.78 is 0. The van der Waals surface area contributed by atoms with Gasteiger partial charge in [-0.3, -0.25) is 14.8 Å². The fraction of sp³-hybridized carbons (Fsp3) is 0.250. The summed E-state index contributed by atoms with van der Waals surface area (Å²) in [4.78, 5) is 23.4. The molecule has 0 atom stereocenters. The second-order valence-corrected chi connectivity index (χ2v) is 7.13. The number of nitrogens with one attached hydrogen (secondary N) is 2. The molecule has 0 aliphatic heterocycles. The molecule has 3 aromatic rings. The van der Waals surface area contributed by atoms with Gasteiger partial charge >= 0.3 is 0 Å². The van der Waals surface area contributed by atoms with Crippen molar-refractivity contribution in [3.05, 3.63) is 82.0 Å². The van der Waals surface area contributed by atoms with Crippen LogP contribution in [-0.4, -0.2) is 32.4 Å². The van der Waals surface area contributed by atoms with Crippen molar-refractivity contribution >= 4 is 17.7 Å². The van der Waals surface area contributed by atoms with E-state index in [1.165, 1.54) is 5.56 Å². The molecule has 2 aromatic heterocycles. The molecule has 7 heteroatoms. The van der Waals surface area contributed by atoms with Crippen molar-refractivity contribution in [1.82, 2.24) is 15.0 Å². The first-order chi connectivity index (χ1) is 13.2. The van der Waals surface area contributed by atoms with Crippen LogP contribution in [0.15, 0.2) is 59.7 Å². The number of anilines is 1. The van der Waals surface area contributed by atoms with Crippen LogP contribution in [0.1, 0.15) is 16.8 Å². The molecule has 0 amide bonds. The number of pyridine rings is 1. The van der Waals surface area contributed by atoms with Gasteiger partial charge in [0.05, 0.1) is 5.69 Å². The van der Waals surface area contributed by atoms with Gasteiger partial charge in [0.2, 0.25) is 5.95 Å². The first kappa shape index (κ1) is 19.0. The molecule has 0 fully saturated rings. The van der Waals surface area contributed by atoms with Crippen LogP contribution >= 0.6 is 11.8 Å². The van der Waals surface area contributed by atoms with E-state index in [0.717, 1.165) is 12.2 Å². The van der Waals surface area contributed by atoms with Crippen LogP contribution in [0.5, 0.6) is 5.75 Å². The first-order valence-corrected chi connectivity index (χ1v) is 9.94. The molecule has 0 spiro atoms. The van der Waals surface area contributed by atoms with E-state index in [1.807, 2.05) is 18.2 Å². The maximum atomic E-state index is 12.2. The van der Waals surface area contributed by atoms with Crippen LogP contribution in [0.2, 0.25) is 0 Å². The fourth-order valence-electron chi connectivity index (χ4n) is 2.56. The lowest BCUT2D eigenvalue weighted by atomic mass is 10.1. The van der Waals surface area contributed by atoms with Gasteiger partial charge in [0, 0.05) is 36.0 Å². The third-order valence-corrected chi connectivity index (χ3v) is 5.01. The number of hydrogen-bond donors (Lipinski definition) is 3. The summed E-state index contributed by atoms with van der Waals surface area (Å²) in [6, 6.07) is 13.4. The standard InChI is InChI=1S/C20H22N4O2S/c25-18-7-4-10-21-17(18)14-27-12-11-22-20-23-13-16(19(26)24-20)9-8-15-5-2-1-3-6-15/h1-7,10,13,25H,8-9,11-12,14H2,(H2,22,23,24,26). The van der Waals surface area contributed by atoms with Gasteiger partial charge in [-0.05, 0) is 30.5 Å². The topological polar surface area (TPSA) is 90.9 Å². The Balaban J connectivity index is 1.42. The lowest BCUT2D eigenvalue weighted by Gasteiger charge is -2.07. The number of nitrogens with zero attached hydrogens (tertiary/aromatic N) is 2. The number of aryl methyl sites for hydroxylation is 2. The summed E-state index contributed by atoms with van der Waals surface area (Å²) in [7, 11) is 0. The predicted molar refractivity (Wildman–Crippen MR) is 109 cm³/mol. The summed E-state index contributed by atoms with van der Waals surface area (Å²) in [6.07, 6.45) is 4.79. The Morgan fingerprint density at radius 3 is 2.70 bits per heavy atom. The van der Waals surface area contributed by atoms with Crippen molar-refractivity contribution in [3.8, 4) is 5.75 Å². The lowest BCUT2D eigenvalue weighted by molar-refractivity contribution is 0.467. The molecule has 3 N–H and O–H groups in total. The summed E-state index contributed by atoms with van der Waals surface area (Å²) in [5.74, 6) is 2.13. The van der Waals surface area contributed by atoms with Crippen LogP contribution < -0.4 is 10.9 Å². The average molecular weight is 382 g/mol. The molecule has 27 heavy (non-hydrogen) atoms. The Kier molecular flexibility index (Phi) is 6.87. The minimum atomic E-state index is -0.102. The molecule has 0 radical (unpaired) electrons. The van der Waals surface area contributed by atoms with E-state index in [0.29, 0.717) is 35.9 Å². The van der Waals surface area contributed by atoms with Gasteiger partial charge in [0.1, 0.15) is 5.75 Å². The number of aromatic nitrogens is 3. The number of aromatic hydroxyl groups is 1. The SMILES string of the molecule is O=c1[nH]c(NCCSCc2ncccc2O)ncc1CCc1ccccc1. The Morgan fingerprint density at radius 2 is 1.93 bits per heavy atom. The summed E-state index contributed by atoms with van der Waals surface area (Å²) in [6.45, 7) is 0.657.